The number of carboxylic acids is 1. The molecule has 12 heteroatoms. The van der Waals surface area contributed by atoms with E-state index in [4.69, 9.17) is 5.11 Å². The van der Waals surface area contributed by atoms with E-state index in [0.717, 1.165) is 12.1 Å². The van der Waals surface area contributed by atoms with E-state index in [0.29, 0.717) is 6.07 Å². The molecule has 10 nitrogen and oxygen atoms in total. The summed E-state index contributed by atoms with van der Waals surface area (Å²) < 4.78 is 31.4. The van der Waals surface area contributed by atoms with Crippen molar-refractivity contribution in [1.29, 1.82) is 0 Å². The zero-order chi connectivity index (χ0) is 10.9. The maximum absolute atomic E-state index is 10.9. The third-order valence-electron chi connectivity index (χ3n) is 1.46. The van der Waals surface area contributed by atoms with E-state index < -0.39 is 32.3 Å². The molecule has 0 saturated heterocycles. The van der Waals surface area contributed by atoms with E-state index in [1.807, 2.05) is 0 Å². The summed E-state index contributed by atoms with van der Waals surface area (Å²) in [6.45, 7) is 0. The van der Waals surface area contributed by atoms with Crippen molar-refractivity contribution in [3.8, 4) is 5.75 Å². The molecule has 0 fully saturated rings. The summed E-state index contributed by atoms with van der Waals surface area (Å²) in [5.74, 6) is -2.42. The molecule has 0 aliphatic heterocycles. The predicted octanol–water partition coefficient (Wildman–Crippen LogP) is -4.41. The topological polar surface area (TPSA) is 245 Å². The smallest absolute Gasteiger partial charge is 0.872 e. The van der Waals surface area contributed by atoms with E-state index in [1.165, 1.54) is 0 Å². The zero-order valence-corrected chi connectivity index (χ0v) is 13.9. The van der Waals surface area contributed by atoms with Crippen LogP contribution in [-0.2, 0) is 15.6 Å². The molecule has 1 aromatic carbocycles. The molecule has 0 aromatic heterocycles. The molecule has 0 unspecified atom stereocenters. The van der Waals surface area contributed by atoms with Crippen LogP contribution in [0.15, 0.2) is 23.1 Å². The average molecular weight is 496 g/mol. The van der Waals surface area contributed by atoms with Crippen molar-refractivity contribution in [3.05, 3.63) is 23.8 Å². The number of rotatable bonds is 2. The molecule has 0 heterocycles. The summed E-state index contributed by atoms with van der Waals surface area (Å²) in [6.07, 6.45) is 0. The van der Waals surface area contributed by atoms with Gasteiger partial charge in [-0.25, -0.2) is 13.2 Å². The van der Waals surface area contributed by atoms with E-state index in [-0.39, 0.29) is 49.2 Å². The fraction of sp³-hybridized carbons (Fsp3) is 0. The van der Waals surface area contributed by atoms with Gasteiger partial charge in [-0.3, -0.25) is 0 Å². The number of hydrogen-bond acceptors (Lipinski definition) is 5. The summed E-state index contributed by atoms with van der Waals surface area (Å²) in [7, 11) is -4.92. The van der Waals surface area contributed by atoms with E-state index in [1.54, 1.807) is 0 Å². The van der Waals surface area contributed by atoms with Crippen molar-refractivity contribution in [2.45, 2.75) is 4.90 Å². The monoisotopic (exact) mass is 497 g/mol. The van der Waals surface area contributed by atoms with Gasteiger partial charge in [0.1, 0.15) is 10.1 Å². The summed E-state index contributed by atoms with van der Waals surface area (Å²) in [6, 6.07) is 2.21. The van der Waals surface area contributed by atoms with Crippen LogP contribution in [-0.4, -0.2) is 67.8 Å². The number of hydrogen-bond donors (Lipinski definition) is 1. The van der Waals surface area contributed by atoms with Crippen LogP contribution < -0.4 is 5.11 Å². The third kappa shape index (κ3) is 8.03. The van der Waals surface area contributed by atoms with Crippen LogP contribution in [0.3, 0.4) is 0 Å². The Morgan fingerprint density at radius 1 is 1.16 bits per heavy atom. The summed E-state index contributed by atoms with van der Waals surface area (Å²) in [5, 5.41) is 19.3. The van der Waals surface area contributed by atoms with Gasteiger partial charge in [0.25, 0.3) is 0 Å². The Morgan fingerprint density at radius 3 is 1.89 bits per heavy atom. The van der Waals surface area contributed by atoms with Crippen molar-refractivity contribution >= 4 is 43.4 Å². The Morgan fingerprint density at radius 2 is 1.58 bits per heavy atom. The first kappa shape index (κ1) is 30.9. The number of aromatic carboxylic acids is 1. The van der Waals surface area contributed by atoms with Crippen LogP contribution >= 0.6 is 0 Å². The van der Waals surface area contributed by atoms with Crippen molar-refractivity contribution in [2.75, 3.05) is 0 Å². The Kier molecular flexibility index (Phi) is 17.9. The molecule has 2 radical (unpaired) electrons. The summed E-state index contributed by atoms with van der Waals surface area (Å²) >= 11 is 0. The third-order valence-corrected chi connectivity index (χ3v) is 2.32. The van der Waals surface area contributed by atoms with Gasteiger partial charge in [-0.15, -0.1) is 0 Å². The predicted molar refractivity (Wildman–Crippen MR) is 62.3 cm³/mol. The number of benzene rings is 1. The molecular formula is C7H13O10PbS+. The standard InChI is InChI=1S/C7H6O6S.4H2O.Pb/c8-5-2-1-4(7(9)10)3-6(5)14(11,12)13;;;;;/h1-3,8H,(H,9,10)(H,11,12,13);4*1H2;/q;;;;;+2/p-1. The average Bonchev–Trinajstić information content (AvgIpc) is 2.02. The molecule has 19 heavy (non-hydrogen) atoms. The molecule has 10 N–H and O–H groups in total. The quantitative estimate of drug-likeness (QED) is 0.240. The van der Waals surface area contributed by atoms with Gasteiger partial charge in [-0.1, -0.05) is 11.8 Å². The van der Waals surface area contributed by atoms with Gasteiger partial charge in [0.15, 0.2) is 0 Å². The van der Waals surface area contributed by atoms with Crippen LogP contribution in [0.5, 0.6) is 5.75 Å². The first-order chi connectivity index (χ1) is 6.32. The fourth-order valence-corrected chi connectivity index (χ4v) is 1.42. The normalized spacial score (nSPS) is 8.26. The molecule has 0 atom stereocenters. The van der Waals surface area contributed by atoms with E-state index >= 15 is 0 Å². The molecule has 1 aromatic rings. The zero-order valence-electron chi connectivity index (χ0n) is 9.21. The van der Waals surface area contributed by atoms with E-state index in [2.05, 4.69) is 0 Å². The van der Waals surface area contributed by atoms with Gasteiger partial charge in [-0.2, -0.15) is 0 Å². The first-order valence-electron chi connectivity index (χ1n) is 3.32. The first-order valence-corrected chi connectivity index (χ1v) is 4.73. The Labute approximate surface area is 127 Å². The summed E-state index contributed by atoms with van der Waals surface area (Å²) in [4.78, 5) is 9.35. The second-order valence-corrected chi connectivity index (χ2v) is 3.77. The van der Waals surface area contributed by atoms with Crippen molar-refractivity contribution < 1.29 is 49.9 Å². The molecular weight excluding hydrogens is 483 g/mol. The molecule has 0 aliphatic carbocycles. The van der Waals surface area contributed by atoms with Crippen LogP contribution in [0, 0.1) is 0 Å². The van der Waals surface area contributed by atoms with Gasteiger partial charge in [0, 0.05) is 4.90 Å². The Balaban J connectivity index is -0.000000131. The molecule has 1 rings (SSSR count). The van der Waals surface area contributed by atoms with Crippen molar-refractivity contribution in [2.24, 2.45) is 0 Å². The van der Waals surface area contributed by atoms with E-state index in [9.17, 15) is 22.9 Å². The van der Waals surface area contributed by atoms with Crippen molar-refractivity contribution in [3.63, 3.8) is 0 Å². The van der Waals surface area contributed by atoms with Gasteiger partial charge in [-0.05, 0) is 12.1 Å². The molecule has 0 amide bonds. The maximum Gasteiger partial charge on any atom is 2.00 e. The largest absolute Gasteiger partial charge is 2.00 e. The van der Waals surface area contributed by atoms with Crippen molar-refractivity contribution in [1.82, 2.24) is 0 Å². The number of carbonyl (C=O) groups is 1. The van der Waals surface area contributed by atoms with Crippen LogP contribution in [0.25, 0.3) is 0 Å². The number of carboxylic acid groups (broad SMARTS) is 1. The minimum atomic E-state index is -4.92. The fourth-order valence-electron chi connectivity index (χ4n) is 0.836. The SMILES string of the molecule is O.O.O.O=C(O)c1ccc([O-])c(S(=O)(=O)[O-])c1.[OH3+].[Pb+2]. The summed E-state index contributed by atoms with van der Waals surface area (Å²) in [5.41, 5.74) is -0.418. The van der Waals surface area contributed by atoms with Crippen LogP contribution in [0.1, 0.15) is 10.4 Å². The second-order valence-electron chi connectivity index (χ2n) is 2.42. The van der Waals surface area contributed by atoms with Gasteiger partial charge in [0.05, 0.1) is 5.56 Å². The van der Waals surface area contributed by atoms with Crippen LogP contribution in [0.2, 0.25) is 0 Å². The van der Waals surface area contributed by atoms with Gasteiger partial charge >= 0.3 is 33.3 Å². The maximum atomic E-state index is 10.9. The molecule has 0 bridgehead atoms. The minimum absolute atomic E-state index is 0. The minimum Gasteiger partial charge on any atom is -0.872 e. The van der Waals surface area contributed by atoms with Gasteiger partial charge < -0.3 is 36.7 Å². The Hall–Kier alpha value is -0.838. The molecule has 0 aliphatic rings. The second kappa shape index (κ2) is 11.0. The molecule has 0 saturated carbocycles. The van der Waals surface area contributed by atoms with Gasteiger partial charge in [0.2, 0.25) is 0 Å². The Bertz CT molecular complexity index is 485. The molecule has 110 valence electrons. The molecule has 0 spiro atoms. The van der Waals surface area contributed by atoms with Crippen LogP contribution in [0.4, 0.5) is 0 Å².